The van der Waals surface area contributed by atoms with Crippen molar-refractivity contribution < 1.29 is 38.6 Å². The molecule has 1 heterocycles. The van der Waals surface area contributed by atoms with Gasteiger partial charge in [-0.3, -0.25) is 14.4 Å². The van der Waals surface area contributed by atoms with Crippen LogP contribution in [0.5, 0.6) is 0 Å². The molecule has 14 heteroatoms. The second kappa shape index (κ2) is 15.3. The summed E-state index contributed by atoms with van der Waals surface area (Å²) < 4.78 is 10.6. The summed E-state index contributed by atoms with van der Waals surface area (Å²) in [4.78, 5) is 69.5. The molecule has 0 saturated heterocycles. The highest BCUT2D eigenvalue weighted by atomic mass is 32.2. The summed E-state index contributed by atoms with van der Waals surface area (Å²) >= 11 is 1.46. The largest absolute Gasteiger partial charge is 0.480 e. The second-order valence-corrected chi connectivity index (χ2v) is 11.8. The molecule has 1 aromatic rings. The number of alkyl carbamates (subject to hydrolysis) is 1. The number of aromatic amines is 1. The van der Waals surface area contributed by atoms with E-state index in [1.807, 2.05) is 6.26 Å². The molecule has 39 heavy (non-hydrogen) atoms. The summed E-state index contributed by atoms with van der Waals surface area (Å²) in [5.74, 6) is -2.85. The number of aromatic nitrogens is 2. The van der Waals surface area contributed by atoms with Gasteiger partial charge >= 0.3 is 18.0 Å². The summed E-state index contributed by atoms with van der Waals surface area (Å²) in [5, 5.41) is 17.1. The van der Waals surface area contributed by atoms with Crippen molar-refractivity contribution in [2.45, 2.75) is 96.6 Å². The van der Waals surface area contributed by atoms with Crippen LogP contribution in [0.4, 0.5) is 4.79 Å². The lowest BCUT2D eigenvalue weighted by molar-refractivity contribution is -0.155. The van der Waals surface area contributed by atoms with Crippen LogP contribution in [0.25, 0.3) is 0 Å². The summed E-state index contributed by atoms with van der Waals surface area (Å²) in [6.07, 6.45) is 3.63. The standard InChI is InChI=1S/C25H41N5O8S/c1-24(2,3)37-19(31)9-8-16(20(32)29-18(22(34)35)12-15-13-26-14-27-15)28-21(33)17(10-11-39-7)30-23(36)38-25(4,5)6/h13-14,16-18H,8-12H2,1-7H3,(H,26,27)(H,28,33)(H,29,32)(H,30,36)(H,34,35)/t16-,17+,18+/m1/s1. The van der Waals surface area contributed by atoms with Gasteiger partial charge in [-0.1, -0.05) is 0 Å². The van der Waals surface area contributed by atoms with Crippen molar-refractivity contribution in [3.05, 3.63) is 18.2 Å². The van der Waals surface area contributed by atoms with Gasteiger partial charge in [0.25, 0.3) is 0 Å². The van der Waals surface area contributed by atoms with E-state index in [9.17, 15) is 29.1 Å². The molecule has 5 N–H and O–H groups in total. The van der Waals surface area contributed by atoms with Crippen LogP contribution >= 0.6 is 11.8 Å². The molecule has 3 amide bonds. The maximum Gasteiger partial charge on any atom is 0.408 e. The lowest BCUT2D eigenvalue weighted by Crippen LogP contribution is -2.56. The zero-order valence-corrected chi connectivity index (χ0v) is 24.4. The molecule has 0 aliphatic rings. The highest BCUT2D eigenvalue weighted by Crippen LogP contribution is 2.12. The van der Waals surface area contributed by atoms with Crippen molar-refractivity contribution >= 4 is 41.6 Å². The number of ether oxygens (including phenoxy) is 2. The zero-order chi connectivity index (χ0) is 29.8. The molecule has 13 nitrogen and oxygen atoms in total. The minimum absolute atomic E-state index is 0.0790. The minimum atomic E-state index is -1.33. The monoisotopic (exact) mass is 571 g/mol. The number of carboxylic acids is 1. The molecule has 0 aliphatic carbocycles. The predicted molar refractivity (Wildman–Crippen MR) is 145 cm³/mol. The number of nitrogens with zero attached hydrogens (tertiary/aromatic N) is 1. The number of esters is 1. The number of H-pyrrole nitrogens is 1. The lowest BCUT2D eigenvalue weighted by atomic mass is 10.1. The van der Waals surface area contributed by atoms with E-state index in [-0.39, 0.29) is 25.7 Å². The van der Waals surface area contributed by atoms with E-state index in [2.05, 4.69) is 25.9 Å². The Morgan fingerprint density at radius 3 is 1.97 bits per heavy atom. The first kappa shape index (κ1) is 33.7. The molecule has 0 fully saturated rings. The van der Waals surface area contributed by atoms with E-state index in [4.69, 9.17) is 9.47 Å². The number of amides is 3. The van der Waals surface area contributed by atoms with Crippen molar-refractivity contribution in [3.63, 3.8) is 0 Å². The Morgan fingerprint density at radius 2 is 1.49 bits per heavy atom. The summed E-state index contributed by atoms with van der Waals surface area (Å²) in [6.45, 7) is 10.1. The first-order chi connectivity index (χ1) is 18.0. The molecule has 0 spiro atoms. The fraction of sp³-hybridized carbons (Fsp3) is 0.680. The molecule has 0 saturated carbocycles. The number of carboxylic acid groups (broad SMARTS) is 1. The molecule has 0 aromatic carbocycles. The third kappa shape index (κ3) is 14.4. The molecule has 0 bridgehead atoms. The fourth-order valence-corrected chi connectivity index (χ4v) is 3.71. The summed E-state index contributed by atoms with van der Waals surface area (Å²) in [5.41, 5.74) is -1.06. The number of carbonyl (C=O) groups is 5. The van der Waals surface area contributed by atoms with Crippen LogP contribution in [-0.2, 0) is 35.1 Å². The average Bonchev–Trinajstić information content (AvgIpc) is 3.29. The Hall–Kier alpha value is -3.29. The quantitative estimate of drug-likeness (QED) is 0.206. The smallest absolute Gasteiger partial charge is 0.408 e. The van der Waals surface area contributed by atoms with Gasteiger partial charge < -0.3 is 35.5 Å². The van der Waals surface area contributed by atoms with Gasteiger partial charge in [0.05, 0.1) is 6.33 Å². The molecule has 0 aliphatic heterocycles. The molecule has 1 aromatic heterocycles. The summed E-state index contributed by atoms with van der Waals surface area (Å²) in [7, 11) is 0. The third-order valence-electron chi connectivity index (χ3n) is 4.90. The zero-order valence-electron chi connectivity index (χ0n) is 23.6. The summed E-state index contributed by atoms with van der Waals surface area (Å²) in [6, 6.07) is -3.65. The molecular weight excluding hydrogens is 530 g/mol. The second-order valence-electron chi connectivity index (χ2n) is 10.8. The van der Waals surface area contributed by atoms with E-state index in [1.54, 1.807) is 41.5 Å². The lowest BCUT2D eigenvalue weighted by Gasteiger charge is -2.26. The number of thioether (sulfide) groups is 1. The Balaban J connectivity index is 3.08. The topological polar surface area (TPSA) is 189 Å². The van der Waals surface area contributed by atoms with Gasteiger partial charge in [-0.05, 0) is 66.4 Å². The van der Waals surface area contributed by atoms with E-state index < -0.39 is 59.2 Å². The van der Waals surface area contributed by atoms with Crippen LogP contribution in [0.2, 0.25) is 0 Å². The molecular formula is C25H41N5O8S. The highest BCUT2D eigenvalue weighted by molar-refractivity contribution is 7.98. The van der Waals surface area contributed by atoms with E-state index in [0.717, 1.165) is 0 Å². The fourth-order valence-electron chi connectivity index (χ4n) is 3.24. The van der Waals surface area contributed by atoms with Crippen LogP contribution in [0.15, 0.2) is 12.5 Å². The number of carbonyl (C=O) groups excluding carboxylic acids is 4. The number of rotatable bonds is 14. The van der Waals surface area contributed by atoms with Gasteiger partial charge in [0, 0.05) is 24.7 Å². The van der Waals surface area contributed by atoms with Gasteiger partial charge in [-0.15, -0.1) is 0 Å². The molecule has 0 unspecified atom stereocenters. The van der Waals surface area contributed by atoms with Gasteiger partial charge in [-0.2, -0.15) is 11.8 Å². The molecule has 0 radical (unpaired) electrons. The maximum atomic E-state index is 13.2. The van der Waals surface area contributed by atoms with Crippen molar-refractivity contribution in [2.24, 2.45) is 0 Å². The third-order valence-corrected chi connectivity index (χ3v) is 5.55. The van der Waals surface area contributed by atoms with Gasteiger partial charge in [0.1, 0.15) is 29.3 Å². The first-order valence-corrected chi connectivity index (χ1v) is 13.9. The maximum absolute atomic E-state index is 13.2. The van der Waals surface area contributed by atoms with Crippen molar-refractivity contribution in [1.29, 1.82) is 0 Å². The van der Waals surface area contributed by atoms with Crippen LogP contribution < -0.4 is 16.0 Å². The Labute approximate surface area is 232 Å². The van der Waals surface area contributed by atoms with E-state index >= 15 is 0 Å². The van der Waals surface area contributed by atoms with Crippen molar-refractivity contribution in [1.82, 2.24) is 25.9 Å². The number of hydrogen-bond donors (Lipinski definition) is 5. The van der Waals surface area contributed by atoms with Crippen LogP contribution in [-0.4, -0.2) is 86.3 Å². The molecule has 220 valence electrons. The SMILES string of the molecule is CSCC[C@H](NC(=O)OC(C)(C)C)C(=O)N[C@H](CCC(=O)OC(C)(C)C)C(=O)N[C@@H](Cc1cnc[nH]1)C(=O)O. The van der Waals surface area contributed by atoms with Gasteiger partial charge in [-0.25, -0.2) is 14.6 Å². The Kier molecular flexibility index (Phi) is 13.3. The highest BCUT2D eigenvalue weighted by Gasteiger charge is 2.31. The van der Waals surface area contributed by atoms with Gasteiger partial charge in [0.2, 0.25) is 11.8 Å². The Morgan fingerprint density at radius 1 is 0.923 bits per heavy atom. The van der Waals surface area contributed by atoms with Crippen molar-refractivity contribution in [2.75, 3.05) is 12.0 Å². The number of nitrogens with one attached hydrogen (secondary N) is 4. The average molecular weight is 572 g/mol. The number of aliphatic carboxylic acids is 1. The number of imidazole rings is 1. The minimum Gasteiger partial charge on any atom is -0.480 e. The van der Waals surface area contributed by atoms with Gasteiger partial charge in [0.15, 0.2) is 0 Å². The first-order valence-electron chi connectivity index (χ1n) is 12.5. The molecule has 1 rings (SSSR count). The van der Waals surface area contributed by atoms with Crippen LogP contribution in [0.3, 0.4) is 0 Å². The predicted octanol–water partition coefficient (Wildman–Crippen LogP) is 1.77. The molecule has 3 atom stereocenters. The number of hydrogen-bond acceptors (Lipinski definition) is 9. The normalized spacial score (nSPS) is 13.9. The van der Waals surface area contributed by atoms with E-state index in [0.29, 0.717) is 11.4 Å². The van der Waals surface area contributed by atoms with Crippen molar-refractivity contribution in [3.8, 4) is 0 Å². The van der Waals surface area contributed by atoms with Crippen LogP contribution in [0, 0.1) is 0 Å². The Bertz CT molecular complexity index is 972. The van der Waals surface area contributed by atoms with E-state index in [1.165, 1.54) is 24.3 Å². The van der Waals surface area contributed by atoms with Crippen LogP contribution in [0.1, 0.15) is 66.5 Å².